The topological polar surface area (TPSA) is 86.7 Å². The third-order valence-electron chi connectivity index (χ3n) is 5.80. The van der Waals surface area contributed by atoms with Crippen LogP contribution in [0.4, 0.5) is 0 Å². The monoisotopic (exact) mass is 454 g/mol. The van der Waals surface area contributed by atoms with Crippen LogP contribution in [0.15, 0.2) is 64.5 Å². The lowest BCUT2D eigenvalue weighted by Gasteiger charge is -2.20. The summed E-state index contributed by atoms with van der Waals surface area (Å²) in [4.78, 5) is 21.2. The van der Waals surface area contributed by atoms with Crippen LogP contribution in [0.1, 0.15) is 33.6 Å². The van der Waals surface area contributed by atoms with Gasteiger partial charge in [-0.2, -0.15) is 15.1 Å². The first kappa shape index (κ1) is 21.1. The number of thioether (sulfide) groups is 1. The molecule has 0 saturated heterocycles. The van der Waals surface area contributed by atoms with Crippen molar-refractivity contribution in [2.75, 3.05) is 0 Å². The number of aliphatic imine (C=N–C) groups is 1. The molecular weight excluding hydrogens is 432 g/mol. The van der Waals surface area contributed by atoms with E-state index in [1.807, 2.05) is 32.0 Å². The summed E-state index contributed by atoms with van der Waals surface area (Å²) in [5, 5.41) is 15.7. The van der Waals surface area contributed by atoms with E-state index in [2.05, 4.69) is 51.7 Å². The average molecular weight is 455 g/mol. The number of para-hydroxylation sites is 1. The highest BCUT2D eigenvalue weighted by molar-refractivity contribution is 8.27. The number of carbonyl (C=O) groups is 1. The number of benzene rings is 1. The summed E-state index contributed by atoms with van der Waals surface area (Å²) in [7, 11) is 0. The zero-order valence-corrected chi connectivity index (χ0v) is 19.6. The number of nitrogens with one attached hydrogen (secondary N) is 1. The van der Waals surface area contributed by atoms with Crippen molar-refractivity contribution in [1.29, 1.82) is 5.41 Å². The van der Waals surface area contributed by atoms with Gasteiger partial charge in [0.25, 0.3) is 5.91 Å². The maximum atomic E-state index is 12.9. The van der Waals surface area contributed by atoms with E-state index in [4.69, 9.17) is 5.41 Å². The number of rotatable bonds is 3. The van der Waals surface area contributed by atoms with E-state index in [1.165, 1.54) is 27.9 Å². The summed E-state index contributed by atoms with van der Waals surface area (Å²) in [6, 6.07) is 12.0. The standard InChI is InChI=1S/C25H22N6OS/c1-14-7-5-8-15(2)21(14)30-16(3)11-19(17(30)4)12-20-22(26)31-25(28-23(20)32)33-24(29-31)18-9-6-10-27-13-18/h5-13,26H,1-4H3/b20-12-,26-22?. The predicted octanol–water partition coefficient (Wildman–Crippen LogP) is 4.77. The van der Waals surface area contributed by atoms with Crippen molar-refractivity contribution in [3.63, 3.8) is 0 Å². The Morgan fingerprint density at radius 1 is 1.06 bits per heavy atom. The number of fused-ring (bicyclic) bond motifs is 1. The van der Waals surface area contributed by atoms with Gasteiger partial charge in [0.2, 0.25) is 5.17 Å². The van der Waals surface area contributed by atoms with Crippen LogP contribution in [0.3, 0.4) is 0 Å². The van der Waals surface area contributed by atoms with Gasteiger partial charge in [0.1, 0.15) is 5.04 Å². The molecule has 1 N–H and O–H groups in total. The molecular formula is C25H22N6OS. The van der Waals surface area contributed by atoms with Crippen molar-refractivity contribution in [1.82, 2.24) is 14.6 Å². The van der Waals surface area contributed by atoms with Gasteiger partial charge in [-0.15, -0.1) is 0 Å². The summed E-state index contributed by atoms with van der Waals surface area (Å²) in [5.41, 5.74) is 7.48. The van der Waals surface area contributed by atoms with Crippen LogP contribution in [0.5, 0.6) is 0 Å². The second kappa shape index (κ2) is 7.97. The van der Waals surface area contributed by atoms with E-state index in [1.54, 1.807) is 18.5 Å². The maximum Gasteiger partial charge on any atom is 0.283 e. The molecule has 7 nitrogen and oxygen atoms in total. The number of amidine groups is 2. The molecule has 8 heteroatoms. The summed E-state index contributed by atoms with van der Waals surface area (Å²) >= 11 is 1.27. The molecule has 0 atom stereocenters. The lowest BCUT2D eigenvalue weighted by Crippen LogP contribution is -2.35. The molecule has 3 aromatic rings. The smallest absolute Gasteiger partial charge is 0.283 e. The Labute approximate surface area is 196 Å². The Hall–Kier alpha value is -3.78. The highest BCUT2D eigenvalue weighted by Crippen LogP contribution is 2.32. The molecule has 2 aliphatic rings. The Morgan fingerprint density at radius 2 is 1.82 bits per heavy atom. The van der Waals surface area contributed by atoms with Crippen LogP contribution in [0, 0.1) is 33.1 Å². The normalized spacial score (nSPS) is 16.8. The summed E-state index contributed by atoms with van der Waals surface area (Å²) in [6.45, 7) is 8.27. The molecule has 5 rings (SSSR count). The molecule has 33 heavy (non-hydrogen) atoms. The van der Waals surface area contributed by atoms with Crippen LogP contribution in [0.25, 0.3) is 11.8 Å². The number of pyridine rings is 1. The van der Waals surface area contributed by atoms with E-state index in [9.17, 15) is 4.79 Å². The largest absolute Gasteiger partial charge is 0.317 e. The van der Waals surface area contributed by atoms with Crippen LogP contribution >= 0.6 is 11.8 Å². The maximum absolute atomic E-state index is 12.9. The highest BCUT2D eigenvalue weighted by atomic mass is 32.2. The summed E-state index contributed by atoms with van der Waals surface area (Å²) < 4.78 is 2.20. The summed E-state index contributed by atoms with van der Waals surface area (Å²) in [5.74, 6) is -0.411. The molecule has 0 radical (unpaired) electrons. The lowest BCUT2D eigenvalue weighted by molar-refractivity contribution is -0.114. The number of aromatic nitrogens is 2. The third kappa shape index (κ3) is 3.52. The van der Waals surface area contributed by atoms with Gasteiger partial charge in [-0.3, -0.25) is 15.2 Å². The number of amides is 1. The molecule has 0 saturated carbocycles. The highest BCUT2D eigenvalue weighted by Gasteiger charge is 2.36. The van der Waals surface area contributed by atoms with Gasteiger partial charge in [-0.25, -0.2) is 0 Å². The number of carbonyl (C=O) groups excluding carboxylic acids is 1. The Bertz CT molecular complexity index is 1390. The molecule has 4 heterocycles. The fourth-order valence-corrected chi connectivity index (χ4v) is 5.07. The van der Waals surface area contributed by atoms with Crippen LogP contribution in [-0.2, 0) is 4.79 Å². The van der Waals surface area contributed by atoms with Gasteiger partial charge in [0.15, 0.2) is 5.84 Å². The second-order valence-electron chi connectivity index (χ2n) is 8.07. The minimum absolute atomic E-state index is 0.0215. The molecule has 1 amide bonds. The van der Waals surface area contributed by atoms with Gasteiger partial charge in [-0.05, 0) is 80.4 Å². The van der Waals surface area contributed by atoms with Crippen LogP contribution < -0.4 is 0 Å². The quantitative estimate of drug-likeness (QED) is 0.578. The fraction of sp³-hybridized carbons (Fsp3) is 0.160. The van der Waals surface area contributed by atoms with Crippen LogP contribution in [-0.4, -0.2) is 36.5 Å². The zero-order valence-electron chi connectivity index (χ0n) is 18.7. The number of hydrazone groups is 1. The molecule has 0 bridgehead atoms. The van der Waals surface area contributed by atoms with Crippen molar-refractivity contribution in [2.45, 2.75) is 27.7 Å². The van der Waals surface area contributed by atoms with E-state index < -0.39 is 5.91 Å². The Morgan fingerprint density at radius 3 is 2.52 bits per heavy atom. The molecule has 0 unspecified atom stereocenters. The molecule has 2 aliphatic heterocycles. The number of nitrogens with zero attached hydrogens (tertiary/aromatic N) is 5. The molecule has 1 aromatic carbocycles. The predicted molar refractivity (Wildman–Crippen MR) is 133 cm³/mol. The average Bonchev–Trinajstić information content (AvgIpc) is 3.33. The van der Waals surface area contributed by atoms with E-state index >= 15 is 0 Å². The molecule has 164 valence electrons. The minimum Gasteiger partial charge on any atom is -0.317 e. The first-order chi connectivity index (χ1) is 15.8. The first-order valence-electron chi connectivity index (χ1n) is 10.5. The van der Waals surface area contributed by atoms with Gasteiger partial charge >= 0.3 is 0 Å². The number of hydrogen-bond acceptors (Lipinski definition) is 5. The van der Waals surface area contributed by atoms with Gasteiger partial charge in [0.05, 0.1) is 11.3 Å². The van der Waals surface area contributed by atoms with E-state index in [-0.39, 0.29) is 11.4 Å². The van der Waals surface area contributed by atoms with Gasteiger partial charge in [-0.1, -0.05) is 18.2 Å². The lowest BCUT2D eigenvalue weighted by atomic mass is 10.1. The SMILES string of the molecule is Cc1cccc(C)c1-n1c(C)cc(/C=C2/C(=N)N3N=C(c4cccnc4)SC3=NC2=O)c1C. The Kier molecular flexibility index (Phi) is 5.09. The first-order valence-corrected chi connectivity index (χ1v) is 11.3. The molecule has 0 spiro atoms. The zero-order chi connectivity index (χ0) is 23.3. The molecule has 0 aliphatic carbocycles. The number of aryl methyl sites for hydroxylation is 3. The van der Waals surface area contributed by atoms with Gasteiger partial charge < -0.3 is 4.57 Å². The van der Waals surface area contributed by atoms with Crippen molar-refractivity contribution < 1.29 is 4.79 Å². The second-order valence-corrected chi connectivity index (χ2v) is 9.03. The number of hydrogen-bond donors (Lipinski definition) is 1. The van der Waals surface area contributed by atoms with Crippen molar-refractivity contribution >= 4 is 39.8 Å². The third-order valence-corrected chi connectivity index (χ3v) is 6.75. The van der Waals surface area contributed by atoms with E-state index in [0.29, 0.717) is 10.2 Å². The summed E-state index contributed by atoms with van der Waals surface area (Å²) in [6.07, 6.45) is 5.14. The van der Waals surface area contributed by atoms with Crippen molar-refractivity contribution in [2.24, 2.45) is 10.1 Å². The molecule has 2 aromatic heterocycles. The van der Waals surface area contributed by atoms with Gasteiger partial charge in [0, 0.05) is 29.3 Å². The van der Waals surface area contributed by atoms with Crippen molar-refractivity contribution in [3.8, 4) is 5.69 Å². The fourth-order valence-electron chi connectivity index (χ4n) is 4.19. The minimum atomic E-state index is -0.432. The van der Waals surface area contributed by atoms with E-state index in [0.717, 1.165) is 28.2 Å². The van der Waals surface area contributed by atoms with Crippen molar-refractivity contribution in [3.05, 3.63) is 88.0 Å². The van der Waals surface area contributed by atoms with Crippen LogP contribution in [0.2, 0.25) is 0 Å². The Balaban J connectivity index is 1.55. The molecule has 0 fully saturated rings.